The Bertz CT molecular complexity index is 697. The highest BCUT2D eigenvalue weighted by Crippen LogP contribution is 2.27. The number of carboxylic acid groups (broad SMARTS) is 1. The van der Waals surface area contributed by atoms with Crippen LogP contribution in [0.25, 0.3) is 11.3 Å². The third-order valence-corrected chi connectivity index (χ3v) is 3.63. The van der Waals surface area contributed by atoms with E-state index in [2.05, 4.69) is 10.2 Å². The molecule has 0 saturated carbocycles. The quantitative estimate of drug-likeness (QED) is 0.769. The van der Waals surface area contributed by atoms with Crippen molar-refractivity contribution in [2.45, 2.75) is 25.7 Å². The predicted octanol–water partition coefficient (Wildman–Crippen LogP) is 1.95. The van der Waals surface area contributed by atoms with Crippen LogP contribution in [-0.2, 0) is 12.8 Å². The number of aromatic amines is 2. The molecule has 5 nitrogen and oxygen atoms in total. The number of aromatic nitrogens is 2. The van der Waals surface area contributed by atoms with Gasteiger partial charge in [-0.1, -0.05) is 12.1 Å². The molecule has 3 N–H and O–H groups in total. The lowest BCUT2D eigenvalue weighted by atomic mass is 9.89. The van der Waals surface area contributed by atoms with Crippen molar-refractivity contribution in [3.8, 4) is 11.3 Å². The Kier molecular flexibility index (Phi) is 2.74. The van der Waals surface area contributed by atoms with Crippen molar-refractivity contribution in [2.24, 2.45) is 0 Å². The summed E-state index contributed by atoms with van der Waals surface area (Å²) in [6.45, 7) is 0. The zero-order valence-corrected chi connectivity index (χ0v) is 10.3. The molecule has 5 heteroatoms. The largest absolute Gasteiger partial charge is 0.477 e. The Hall–Kier alpha value is -2.30. The Morgan fingerprint density at radius 1 is 1.11 bits per heavy atom. The zero-order chi connectivity index (χ0) is 13.4. The van der Waals surface area contributed by atoms with E-state index < -0.39 is 11.5 Å². The van der Waals surface area contributed by atoms with E-state index >= 15 is 0 Å². The van der Waals surface area contributed by atoms with Gasteiger partial charge in [-0.25, -0.2) is 4.79 Å². The Morgan fingerprint density at radius 2 is 1.84 bits per heavy atom. The van der Waals surface area contributed by atoms with E-state index in [0.29, 0.717) is 5.69 Å². The average Bonchev–Trinajstić information content (AvgIpc) is 2.80. The monoisotopic (exact) mass is 258 g/mol. The number of rotatable bonds is 2. The highest BCUT2D eigenvalue weighted by atomic mass is 16.4. The lowest BCUT2D eigenvalue weighted by molar-refractivity contribution is 0.0696. The van der Waals surface area contributed by atoms with Crippen molar-refractivity contribution < 1.29 is 9.90 Å². The SMILES string of the molecule is O=C(O)c1c(-c2ccc3c(c2)CCCC3)[nH][nH]c1=O. The first-order chi connectivity index (χ1) is 9.16. The lowest BCUT2D eigenvalue weighted by Gasteiger charge is -2.16. The van der Waals surface area contributed by atoms with Crippen LogP contribution < -0.4 is 5.56 Å². The number of carbonyl (C=O) groups is 1. The highest BCUT2D eigenvalue weighted by Gasteiger charge is 2.19. The van der Waals surface area contributed by atoms with Crippen molar-refractivity contribution >= 4 is 5.97 Å². The average molecular weight is 258 g/mol. The summed E-state index contributed by atoms with van der Waals surface area (Å²) in [6.07, 6.45) is 4.45. The van der Waals surface area contributed by atoms with Crippen molar-refractivity contribution in [3.05, 3.63) is 45.2 Å². The maximum Gasteiger partial charge on any atom is 0.343 e. The molecule has 0 spiro atoms. The normalized spacial score (nSPS) is 14.1. The number of carboxylic acids is 1. The summed E-state index contributed by atoms with van der Waals surface area (Å²) in [5.74, 6) is -1.21. The van der Waals surface area contributed by atoms with Crippen LogP contribution in [-0.4, -0.2) is 21.3 Å². The number of nitrogens with one attached hydrogen (secondary N) is 2. The minimum Gasteiger partial charge on any atom is -0.477 e. The van der Waals surface area contributed by atoms with E-state index in [4.69, 9.17) is 5.11 Å². The number of aryl methyl sites for hydroxylation is 2. The van der Waals surface area contributed by atoms with Crippen molar-refractivity contribution in [2.75, 3.05) is 0 Å². The van der Waals surface area contributed by atoms with Crippen LogP contribution >= 0.6 is 0 Å². The van der Waals surface area contributed by atoms with Gasteiger partial charge >= 0.3 is 5.97 Å². The van der Waals surface area contributed by atoms with Crippen molar-refractivity contribution in [1.29, 1.82) is 0 Å². The van der Waals surface area contributed by atoms with Crippen molar-refractivity contribution in [3.63, 3.8) is 0 Å². The molecule has 1 aromatic carbocycles. The molecule has 0 radical (unpaired) electrons. The number of aromatic carboxylic acids is 1. The van der Waals surface area contributed by atoms with Gasteiger partial charge in [0.2, 0.25) is 0 Å². The number of hydrogen-bond acceptors (Lipinski definition) is 2. The molecule has 0 amide bonds. The fraction of sp³-hybridized carbons (Fsp3) is 0.286. The summed E-state index contributed by atoms with van der Waals surface area (Å²) >= 11 is 0. The van der Waals surface area contributed by atoms with Gasteiger partial charge in [-0.3, -0.25) is 15.0 Å². The Balaban J connectivity index is 2.12. The zero-order valence-electron chi connectivity index (χ0n) is 10.3. The first kappa shape index (κ1) is 11.8. The van der Waals surface area contributed by atoms with E-state index in [1.54, 1.807) is 0 Å². The standard InChI is InChI=1S/C14H14N2O3/c17-13-11(14(18)19)12(15-16-13)10-6-5-8-3-1-2-4-9(8)7-10/h5-7H,1-4H2,(H,18,19)(H2,15,16,17). The molecule has 0 saturated heterocycles. The smallest absolute Gasteiger partial charge is 0.343 e. The Morgan fingerprint density at radius 3 is 2.58 bits per heavy atom. The van der Waals surface area contributed by atoms with E-state index in [0.717, 1.165) is 24.8 Å². The summed E-state index contributed by atoms with van der Waals surface area (Å²) in [7, 11) is 0. The summed E-state index contributed by atoms with van der Waals surface area (Å²) in [4.78, 5) is 22.6. The summed E-state index contributed by atoms with van der Waals surface area (Å²) in [5.41, 5.74) is 2.85. The highest BCUT2D eigenvalue weighted by molar-refractivity contribution is 5.94. The molecule has 19 heavy (non-hydrogen) atoms. The number of hydrogen-bond donors (Lipinski definition) is 3. The van der Waals surface area contributed by atoms with Gasteiger partial charge in [0.05, 0.1) is 5.69 Å². The van der Waals surface area contributed by atoms with Gasteiger partial charge in [0.15, 0.2) is 5.56 Å². The van der Waals surface area contributed by atoms with E-state index in [9.17, 15) is 9.59 Å². The van der Waals surface area contributed by atoms with E-state index in [-0.39, 0.29) is 5.56 Å². The second kappa shape index (κ2) is 4.42. The van der Waals surface area contributed by atoms with Crippen LogP contribution in [0.15, 0.2) is 23.0 Å². The van der Waals surface area contributed by atoms with Gasteiger partial charge in [0.25, 0.3) is 5.56 Å². The molecular weight excluding hydrogens is 244 g/mol. The molecule has 1 aliphatic rings. The first-order valence-corrected chi connectivity index (χ1v) is 6.33. The molecule has 98 valence electrons. The van der Waals surface area contributed by atoms with Gasteiger partial charge in [-0.05, 0) is 42.9 Å². The summed E-state index contributed by atoms with van der Waals surface area (Å²) < 4.78 is 0. The molecule has 0 bridgehead atoms. The van der Waals surface area contributed by atoms with Gasteiger partial charge in [0, 0.05) is 5.56 Å². The first-order valence-electron chi connectivity index (χ1n) is 6.33. The molecule has 2 aromatic rings. The maximum atomic E-state index is 11.5. The third-order valence-electron chi connectivity index (χ3n) is 3.63. The predicted molar refractivity (Wildman–Crippen MR) is 70.5 cm³/mol. The second-order valence-corrected chi connectivity index (χ2v) is 4.82. The molecule has 0 aliphatic heterocycles. The lowest BCUT2D eigenvalue weighted by Crippen LogP contribution is -2.12. The third kappa shape index (κ3) is 1.97. The maximum absolute atomic E-state index is 11.5. The fourth-order valence-corrected chi connectivity index (χ4v) is 2.67. The summed E-state index contributed by atoms with van der Waals surface area (Å²) in [6, 6.07) is 5.89. The van der Waals surface area contributed by atoms with Crippen LogP contribution in [0.5, 0.6) is 0 Å². The molecule has 1 aliphatic carbocycles. The van der Waals surface area contributed by atoms with Crippen LogP contribution in [0.3, 0.4) is 0 Å². The van der Waals surface area contributed by atoms with Gasteiger partial charge in [0.1, 0.15) is 0 Å². The minimum absolute atomic E-state index is 0.226. The van der Waals surface area contributed by atoms with Crippen LogP contribution in [0, 0.1) is 0 Å². The minimum atomic E-state index is -1.21. The van der Waals surface area contributed by atoms with Crippen LogP contribution in [0.4, 0.5) is 0 Å². The van der Waals surface area contributed by atoms with Crippen LogP contribution in [0.2, 0.25) is 0 Å². The van der Waals surface area contributed by atoms with E-state index in [1.165, 1.54) is 17.5 Å². The number of fused-ring (bicyclic) bond motifs is 1. The topological polar surface area (TPSA) is 85.9 Å². The fourth-order valence-electron chi connectivity index (χ4n) is 2.67. The van der Waals surface area contributed by atoms with Crippen LogP contribution in [0.1, 0.15) is 34.3 Å². The molecule has 1 aromatic heterocycles. The molecular formula is C14H14N2O3. The number of H-pyrrole nitrogens is 2. The Labute approximate surface area is 109 Å². The molecule has 0 fully saturated rings. The molecule has 0 unspecified atom stereocenters. The van der Waals surface area contributed by atoms with Gasteiger partial charge in [-0.15, -0.1) is 0 Å². The second-order valence-electron chi connectivity index (χ2n) is 4.82. The molecule has 3 rings (SSSR count). The van der Waals surface area contributed by atoms with Crippen molar-refractivity contribution in [1.82, 2.24) is 10.2 Å². The summed E-state index contributed by atoms with van der Waals surface area (Å²) in [5, 5.41) is 14.1. The van der Waals surface area contributed by atoms with E-state index in [1.807, 2.05) is 18.2 Å². The van der Waals surface area contributed by atoms with Gasteiger partial charge in [-0.2, -0.15) is 0 Å². The molecule has 1 heterocycles. The molecule has 0 atom stereocenters. The van der Waals surface area contributed by atoms with Gasteiger partial charge < -0.3 is 5.11 Å². The number of benzene rings is 1.